The highest BCUT2D eigenvalue weighted by Crippen LogP contribution is 2.26. The monoisotopic (exact) mass is 263 g/mol. The Bertz CT molecular complexity index is 582. The highest BCUT2D eigenvalue weighted by atomic mass is 14.6. The van der Waals surface area contributed by atoms with Crippen molar-refractivity contribution in [1.29, 1.82) is 0 Å². The second kappa shape index (κ2) is 7.44. The fourth-order valence-corrected chi connectivity index (χ4v) is 2.26. The number of rotatable bonds is 1. The van der Waals surface area contributed by atoms with Gasteiger partial charge >= 0.3 is 0 Å². The summed E-state index contributed by atoms with van der Waals surface area (Å²) in [5.41, 5.74) is 3.93. The van der Waals surface area contributed by atoms with Crippen LogP contribution in [0.3, 0.4) is 0 Å². The van der Waals surface area contributed by atoms with Crippen molar-refractivity contribution in [2.75, 3.05) is 0 Å². The van der Waals surface area contributed by atoms with Gasteiger partial charge in [-0.1, -0.05) is 54.6 Å². The lowest BCUT2D eigenvalue weighted by atomic mass is 9.90. The molecule has 1 aliphatic rings. The summed E-state index contributed by atoms with van der Waals surface area (Å²) in [5.74, 6) is 0.589. The molecule has 1 heterocycles. The van der Waals surface area contributed by atoms with Crippen LogP contribution in [-0.2, 0) is 0 Å². The van der Waals surface area contributed by atoms with E-state index < -0.39 is 0 Å². The van der Waals surface area contributed by atoms with Gasteiger partial charge in [0, 0.05) is 17.8 Å². The standard InChI is InChI=1S/C13H14.C6H7N/c1-11-7-5-6-10-13(11)12-8-3-2-4-9-12;1-6-4-2-3-5-7-6/h2-8,10,12H,9H2,1H3;2-5H,1H3. The molecule has 1 aromatic heterocycles. The molecule has 2 aromatic rings. The molecule has 0 saturated heterocycles. The minimum atomic E-state index is 0.589. The molecule has 0 radical (unpaired) electrons. The Hall–Kier alpha value is -2.15. The molecule has 0 fully saturated rings. The maximum absolute atomic E-state index is 3.98. The second-order valence-electron chi connectivity index (χ2n) is 4.98. The van der Waals surface area contributed by atoms with Gasteiger partial charge < -0.3 is 0 Å². The van der Waals surface area contributed by atoms with E-state index >= 15 is 0 Å². The van der Waals surface area contributed by atoms with E-state index in [-0.39, 0.29) is 0 Å². The number of allylic oxidation sites excluding steroid dienone is 4. The van der Waals surface area contributed by atoms with Crippen molar-refractivity contribution in [3.8, 4) is 0 Å². The van der Waals surface area contributed by atoms with Crippen LogP contribution < -0.4 is 0 Å². The van der Waals surface area contributed by atoms with Gasteiger partial charge in [0.25, 0.3) is 0 Å². The molecule has 0 spiro atoms. The largest absolute Gasteiger partial charge is 0.262 e. The average molecular weight is 263 g/mol. The van der Waals surface area contributed by atoms with Crippen molar-refractivity contribution in [2.45, 2.75) is 26.2 Å². The van der Waals surface area contributed by atoms with E-state index in [4.69, 9.17) is 0 Å². The van der Waals surface area contributed by atoms with Crippen LogP contribution in [0, 0.1) is 13.8 Å². The Morgan fingerprint density at radius 3 is 2.30 bits per heavy atom. The van der Waals surface area contributed by atoms with Crippen molar-refractivity contribution in [3.05, 3.63) is 89.8 Å². The zero-order chi connectivity index (χ0) is 14.2. The van der Waals surface area contributed by atoms with Crippen LogP contribution in [0.25, 0.3) is 0 Å². The van der Waals surface area contributed by atoms with Crippen LogP contribution in [0.4, 0.5) is 0 Å². The molecule has 0 N–H and O–H groups in total. The normalized spacial score (nSPS) is 16.4. The predicted octanol–water partition coefficient (Wildman–Crippen LogP) is 4.98. The summed E-state index contributed by atoms with van der Waals surface area (Å²) in [6.07, 6.45) is 11.7. The molecule has 1 atom stereocenters. The molecule has 1 aromatic carbocycles. The third-order valence-electron chi connectivity index (χ3n) is 3.38. The Morgan fingerprint density at radius 2 is 1.75 bits per heavy atom. The fraction of sp³-hybridized carbons (Fsp3) is 0.211. The minimum absolute atomic E-state index is 0.589. The lowest BCUT2D eigenvalue weighted by Crippen LogP contribution is -1.98. The second-order valence-corrected chi connectivity index (χ2v) is 4.98. The first-order valence-corrected chi connectivity index (χ1v) is 7.04. The maximum atomic E-state index is 3.98. The molecule has 102 valence electrons. The van der Waals surface area contributed by atoms with Crippen LogP contribution in [0.2, 0.25) is 0 Å². The van der Waals surface area contributed by atoms with Crippen LogP contribution in [-0.4, -0.2) is 4.98 Å². The van der Waals surface area contributed by atoms with Crippen LogP contribution in [0.5, 0.6) is 0 Å². The minimum Gasteiger partial charge on any atom is -0.262 e. The van der Waals surface area contributed by atoms with Crippen molar-refractivity contribution in [2.24, 2.45) is 0 Å². The molecule has 1 heteroatoms. The van der Waals surface area contributed by atoms with Crippen molar-refractivity contribution >= 4 is 0 Å². The van der Waals surface area contributed by atoms with Gasteiger partial charge in [0.1, 0.15) is 0 Å². The molecule has 0 amide bonds. The Balaban J connectivity index is 0.000000178. The van der Waals surface area contributed by atoms with E-state index in [1.165, 1.54) is 11.1 Å². The zero-order valence-corrected chi connectivity index (χ0v) is 12.2. The van der Waals surface area contributed by atoms with Gasteiger partial charge in [-0.3, -0.25) is 4.98 Å². The number of benzene rings is 1. The van der Waals surface area contributed by atoms with Gasteiger partial charge in [0.05, 0.1) is 0 Å². The van der Waals surface area contributed by atoms with Crippen molar-refractivity contribution in [1.82, 2.24) is 4.98 Å². The molecule has 3 rings (SSSR count). The maximum Gasteiger partial charge on any atom is 0.0372 e. The molecular formula is C19H21N. The van der Waals surface area contributed by atoms with Crippen molar-refractivity contribution < 1.29 is 0 Å². The van der Waals surface area contributed by atoms with E-state index in [2.05, 4.69) is 60.5 Å². The Labute approximate surface area is 121 Å². The number of hydrogen-bond donors (Lipinski definition) is 0. The number of aryl methyl sites for hydroxylation is 2. The first-order valence-electron chi connectivity index (χ1n) is 7.04. The van der Waals surface area contributed by atoms with Crippen LogP contribution in [0.1, 0.15) is 29.2 Å². The van der Waals surface area contributed by atoms with E-state index in [0.29, 0.717) is 5.92 Å². The van der Waals surface area contributed by atoms with Crippen LogP contribution >= 0.6 is 0 Å². The Kier molecular flexibility index (Phi) is 5.31. The summed E-state index contributed by atoms with van der Waals surface area (Å²) in [5, 5.41) is 0. The molecule has 1 unspecified atom stereocenters. The van der Waals surface area contributed by atoms with E-state index in [9.17, 15) is 0 Å². The van der Waals surface area contributed by atoms with Gasteiger partial charge in [-0.05, 0) is 43.5 Å². The van der Waals surface area contributed by atoms with Gasteiger partial charge in [-0.2, -0.15) is 0 Å². The molecule has 0 aliphatic heterocycles. The summed E-state index contributed by atoms with van der Waals surface area (Å²) < 4.78 is 0. The number of hydrogen-bond acceptors (Lipinski definition) is 1. The fourth-order valence-electron chi connectivity index (χ4n) is 2.26. The number of pyridine rings is 1. The van der Waals surface area contributed by atoms with E-state index in [1.807, 2.05) is 25.1 Å². The first-order chi connectivity index (χ1) is 9.77. The molecule has 1 aliphatic carbocycles. The van der Waals surface area contributed by atoms with Gasteiger partial charge in [0.2, 0.25) is 0 Å². The molecule has 0 bridgehead atoms. The summed E-state index contributed by atoms with van der Waals surface area (Å²) in [6.45, 7) is 4.15. The smallest absolute Gasteiger partial charge is 0.0372 e. The molecule has 1 nitrogen and oxygen atoms in total. The summed E-state index contributed by atoms with van der Waals surface area (Å²) in [6, 6.07) is 14.5. The van der Waals surface area contributed by atoms with Crippen LogP contribution in [0.15, 0.2) is 73.0 Å². The highest BCUT2D eigenvalue weighted by molar-refractivity contribution is 5.34. The van der Waals surface area contributed by atoms with E-state index in [1.54, 1.807) is 6.20 Å². The lowest BCUT2D eigenvalue weighted by molar-refractivity contribution is 0.845. The first kappa shape index (κ1) is 14.3. The third-order valence-corrected chi connectivity index (χ3v) is 3.38. The summed E-state index contributed by atoms with van der Waals surface area (Å²) >= 11 is 0. The zero-order valence-electron chi connectivity index (χ0n) is 12.2. The molecule has 0 saturated carbocycles. The van der Waals surface area contributed by atoms with Gasteiger partial charge in [-0.25, -0.2) is 0 Å². The Morgan fingerprint density at radius 1 is 0.950 bits per heavy atom. The van der Waals surface area contributed by atoms with E-state index in [0.717, 1.165) is 12.1 Å². The summed E-state index contributed by atoms with van der Waals surface area (Å²) in [4.78, 5) is 3.98. The quantitative estimate of drug-likeness (QED) is 0.706. The average Bonchev–Trinajstić information content (AvgIpc) is 2.50. The van der Waals surface area contributed by atoms with Gasteiger partial charge in [0.15, 0.2) is 0 Å². The number of aromatic nitrogens is 1. The third kappa shape index (κ3) is 4.20. The molecule has 20 heavy (non-hydrogen) atoms. The highest BCUT2D eigenvalue weighted by Gasteiger charge is 2.09. The topological polar surface area (TPSA) is 12.9 Å². The SMILES string of the molecule is Cc1ccccc1C1C=CC=CC1.Cc1ccccn1. The molecular weight excluding hydrogens is 242 g/mol. The van der Waals surface area contributed by atoms with Gasteiger partial charge in [-0.15, -0.1) is 0 Å². The predicted molar refractivity (Wildman–Crippen MR) is 85.8 cm³/mol. The number of nitrogens with zero attached hydrogens (tertiary/aromatic N) is 1. The lowest BCUT2D eigenvalue weighted by Gasteiger charge is -2.15. The summed E-state index contributed by atoms with van der Waals surface area (Å²) in [7, 11) is 0. The van der Waals surface area contributed by atoms with Crippen molar-refractivity contribution in [3.63, 3.8) is 0 Å².